The fraction of sp³-hybridized carbons (Fsp3) is 0.150. The van der Waals surface area contributed by atoms with E-state index in [9.17, 15) is 14.4 Å². The molecule has 0 radical (unpaired) electrons. The molecular formula is C20H19N3O4. The largest absolute Gasteiger partial charge is 0.483 e. The number of hydrogen-bond donors (Lipinski definition) is 1. The Bertz CT molecular complexity index is 1050. The Balaban J connectivity index is 1.71. The van der Waals surface area contributed by atoms with E-state index in [-0.39, 0.29) is 24.6 Å². The van der Waals surface area contributed by atoms with Crippen LogP contribution in [0.5, 0.6) is 5.75 Å². The Morgan fingerprint density at radius 1 is 1.00 bits per heavy atom. The van der Waals surface area contributed by atoms with E-state index in [1.54, 1.807) is 24.3 Å². The summed E-state index contributed by atoms with van der Waals surface area (Å²) in [6, 6.07) is 17.6. The van der Waals surface area contributed by atoms with Crippen LogP contribution < -0.4 is 21.3 Å². The third-order valence-corrected chi connectivity index (χ3v) is 3.99. The van der Waals surface area contributed by atoms with E-state index in [4.69, 9.17) is 4.74 Å². The summed E-state index contributed by atoms with van der Waals surface area (Å²) >= 11 is 0. The van der Waals surface area contributed by atoms with Crippen LogP contribution in [0, 0.1) is 0 Å². The Morgan fingerprint density at radius 2 is 1.70 bits per heavy atom. The van der Waals surface area contributed by atoms with Crippen molar-refractivity contribution in [2.75, 3.05) is 11.9 Å². The molecule has 0 unspecified atom stereocenters. The van der Waals surface area contributed by atoms with Crippen molar-refractivity contribution >= 4 is 11.6 Å². The van der Waals surface area contributed by atoms with Crippen LogP contribution in [-0.4, -0.2) is 21.6 Å². The lowest BCUT2D eigenvalue weighted by atomic mass is 10.2. The summed E-state index contributed by atoms with van der Waals surface area (Å²) in [6.45, 7) is 0.0670. The second-order valence-electron chi connectivity index (χ2n) is 5.93. The van der Waals surface area contributed by atoms with Gasteiger partial charge in [0.15, 0.2) is 6.61 Å². The molecule has 1 heterocycles. The van der Waals surface area contributed by atoms with Crippen molar-refractivity contribution in [3.05, 3.63) is 93.3 Å². The number of anilines is 1. The average molecular weight is 365 g/mol. The number of ether oxygens (including phenoxy) is 1. The molecule has 7 nitrogen and oxygen atoms in total. The third-order valence-electron chi connectivity index (χ3n) is 3.99. The highest BCUT2D eigenvalue weighted by atomic mass is 16.5. The molecular weight excluding hydrogens is 346 g/mol. The number of rotatable bonds is 6. The molecule has 0 aliphatic heterocycles. The SMILES string of the molecule is Cn1c(=O)ccn(Cc2ccccc2OCC(=O)Nc2ccccc2)c1=O. The lowest BCUT2D eigenvalue weighted by molar-refractivity contribution is -0.118. The summed E-state index contributed by atoms with van der Waals surface area (Å²) in [7, 11) is 1.43. The van der Waals surface area contributed by atoms with Crippen LogP contribution in [0.2, 0.25) is 0 Å². The highest BCUT2D eigenvalue weighted by Gasteiger charge is 2.09. The highest BCUT2D eigenvalue weighted by molar-refractivity contribution is 5.91. The van der Waals surface area contributed by atoms with Gasteiger partial charge in [0, 0.05) is 30.6 Å². The Hall–Kier alpha value is -3.61. The number of nitrogens with zero attached hydrogens (tertiary/aromatic N) is 2. The molecule has 1 N–H and O–H groups in total. The van der Waals surface area contributed by atoms with Crippen molar-refractivity contribution in [3.8, 4) is 5.75 Å². The molecule has 0 fully saturated rings. The number of carbonyl (C=O) groups is 1. The van der Waals surface area contributed by atoms with Crippen LogP contribution in [0.1, 0.15) is 5.56 Å². The van der Waals surface area contributed by atoms with Gasteiger partial charge in [-0.2, -0.15) is 0 Å². The first-order chi connectivity index (χ1) is 13.0. The van der Waals surface area contributed by atoms with Gasteiger partial charge in [-0.15, -0.1) is 0 Å². The Kier molecular flexibility index (Phi) is 5.51. The number of hydrogen-bond acceptors (Lipinski definition) is 4. The lowest BCUT2D eigenvalue weighted by Gasteiger charge is -2.13. The minimum Gasteiger partial charge on any atom is -0.483 e. The van der Waals surface area contributed by atoms with Crippen molar-refractivity contribution in [3.63, 3.8) is 0 Å². The fourth-order valence-corrected chi connectivity index (χ4v) is 2.56. The molecule has 0 aliphatic carbocycles. The van der Waals surface area contributed by atoms with Crippen LogP contribution in [0.15, 0.2) is 76.4 Å². The molecule has 0 aliphatic rings. The minimum atomic E-state index is -0.417. The van der Waals surface area contributed by atoms with E-state index in [2.05, 4.69) is 5.32 Å². The van der Waals surface area contributed by atoms with Gasteiger partial charge in [0.05, 0.1) is 6.54 Å². The molecule has 1 amide bonds. The highest BCUT2D eigenvalue weighted by Crippen LogP contribution is 2.18. The Morgan fingerprint density at radius 3 is 2.48 bits per heavy atom. The van der Waals surface area contributed by atoms with Crippen molar-refractivity contribution in [2.24, 2.45) is 7.05 Å². The van der Waals surface area contributed by atoms with Gasteiger partial charge in [-0.1, -0.05) is 36.4 Å². The first-order valence-corrected chi connectivity index (χ1v) is 8.36. The van der Waals surface area contributed by atoms with Crippen molar-refractivity contribution in [2.45, 2.75) is 6.54 Å². The Labute approximate surface area is 155 Å². The second-order valence-corrected chi connectivity index (χ2v) is 5.93. The zero-order chi connectivity index (χ0) is 19.2. The van der Waals surface area contributed by atoms with Crippen molar-refractivity contribution in [1.82, 2.24) is 9.13 Å². The minimum absolute atomic E-state index is 0.159. The zero-order valence-corrected chi connectivity index (χ0v) is 14.8. The topological polar surface area (TPSA) is 82.3 Å². The van der Waals surface area contributed by atoms with Crippen molar-refractivity contribution < 1.29 is 9.53 Å². The number of benzene rings is 2. The summed E-state index contributed by atoms with van der Waals surface area (Å²) in [5.74, 6) is 0.219. The van der Waals surface area contributed by atoms with Gasteiger partial charge in [-0.3, -0.25) is 18.7 Å². The summed E-state index contributed by atoms with van der Waals surface area (Å²) in [4.78, 5) is 35.8. The summed E-state index contributed by atoms with van der Waals surface area (Å²) in [6.07, 6.45) is 1.45. The van der Waals surface area contributed by atoms with E-state index in [0.29, 0.717) is 11.4 Å². The fourth-order valence-electron chi connectivity index (χ4n) is 2.56. The van der Waals surface area contributed by atoms with Crippen LogP contribution in [0.4, 0.5) is 5.69 Å². The zero-order valence-electron chi connectivity index (χ0n) is 14.8. The molecule has 138 valence electrons. The first kappa shape index (κ1) is 18.2. The van der Waals surface area contributed by atoms with E-state index >= 15 is 0 Å². The van der Waals surface area contributed by atoms with Gasteiger partial charge in [-0.25, -0.2) is 4.79 Å². The predicted molar refractivity (Wildman–Crippen MR) is 102 cm³/mol. The molecule has 7 heteroatoms. The smallest absolute Gasteiger partial charge is 0.331 e. The van der Waals surface area contributed by atoms with Gasteiger partial charge in [-0.05, 0) is 18.2 Å². The normalized spacial score (nSPS) is 10.4. The summed E-state index contributed by atoms with van der Waals surface area (Å²) in [5.41, 5.74) is 0.638. The molecule has 0 bridgehead atoms. The monoisotopic (exact) mass is 365 g/mol. The van der Waals surface area contributed by atoms with E-state index in [1.807, 2.05) is 30.3 Å². The molecule has 1 aromatic heterocycles. The second kappa shape index (κ2) is 8.18. The first-order valence-electron chi connectivity index (χ1n) is 8.36. The standard InChI is InChI=1S/C20H19N3O4/c1-22-19(25)11-12-23(20(22)26)13-15-7-5-6-10-17(15)27-14-18(24)21-16-8-3-2-4-9-16/h2-12H,13-14H2,1H3,(H,21,24). The molecule has 27 heavy (non-hydrogen) atoms. The number of para-hydroxylation sites is 2. The average Bonchev–Trinajstić information content (AvgIpc) is 2.68. The summed E-state index contributed by atoms with van der Waals surface area (Å²) in [5, 5.41) is 2.75. The molecule has 3 rings (SSSR count). The van der Waals surface area contributed by atoms with Gasteiger partial charge in [0.2, 0.25) is 0 Å². The number of nitrogens with one attached hydrogen (secondary N) is 1. The van der Waals surface area contributed by atoms with E-state index < -0.39 is 5.69 Å². The van der Waals surface area contributed by atoms with E-state index in [0.717, 1.165) is 10.1 Å². The molecule has 3 aromatic rings. The maximum atomic E-state index is 12.2. The molecule has 0 spiro atoms. The van der Waals surface area contributed by atoms with E-state index in [1.165, 1.54) is 23.9 Å². The molecule has 0 saturated heterocycles. The van der Waals surface area contributed by atoms with Crippen LogP contribution in [0.3, 0.4) is 0 Å². The maximum absolute atomic E-state index is 12.2. The molecule has 0 saturated carbocycles. The third kappa shape index (κ3) is 4.52. The molecule has 0 atom stereocenters. The van der Waals surface area contributed by atoms with Crippen LogP contribution in [0.25, 0.3) is 0 Å². The van der Waals surface area contributed by atoms with Crippen LogP contribution in [-0.2, 0) is 18.4 Å². The quantitative estimate of drug-likeness (QED) is 0.720. The lowest BCUT2D eigenvalue weighted by Crippen LogP contribution is -2.37. The summed E-state index contributed by atoms with van der Waals surface area (Å²) < 4.78 is 8.09. The van der Waals surface area contributed by atoms with Gasteiger partial charge >= 0.3 is 5.69 Å². The van der Waals surface area contributed by atoms with Gasteiger partial charge < -0.3 is 10.1 Å². The van der Waals surface area contributed by atoms with Gasteiger partial charge in [0.1, 0.15) is 5.75 Å². The predicted octanol–water partition coefficient (Wildman–Crippen LogP) is 1.61. The number of aromatic nitrogens is 2. The van der Waals surface area contributed by atoms with Crippen LogP contribution >= 0.6 is 0 Å². The van der Waals surface area contributed by atoms with Crippen molar-refractivity contribution in [1.29, 1.82) is 0 Å². The number of carbonyl (C=O) groups excluding carboxylic acids is 1. The molecule has 2 aromatic carbocycles. The number of amides is 1. The van der Waals surface area contributed by atoms with Gasteiger partial charge in [0.25, 0.3) is 11.5 Å². The maximum Gasteiger partial charge on any atom is 0.331 e.